The molecule has 0 saturated carbocycles. The molecule has 1 atom stereocenters. The number of carbonyl (C=O) groups is 1. The highest BCUT2D eigenvalue weighted by atomic mass is 16.4. The first kappa shape index (κ1) is 11.1. The molecule has 0 bridgehead atoms. The molecule has 1 aromatic heterocycles. The second-order valence-electron chi connectivity index (χ2n) is 4.08. The van der Waals surface area contributed by atoms with Crippen molar-refractivity contribution in [2.45, 2.75) is 25.8 Å². The first-order valence-corrected chi connectivity index (χ1v) is 5.58. The number of nitrogens with zero attached hydrogens (tertiary/aromatic N) is 4. The summed E-state index contributed by atoms with van der Waals surface area (Å²) in [5.74, 6) is -1.02. The topological polar surface area (TPSA) is 71.2 Å². The highest BCUT2D eigenvalue weighted by Crippen LogP contribution is 2.20. The van der Waals surface area contributed by atoms with Crippen LogP contribution in [0.4, 0.5) is 0 Å². The third-order valence-electron chi connectivity index (χ3n) is 3.03. The van der Waals surface area contributed by atoms with E-state index in [2.05, 4.69) is 22.1 Å². The molecule has 0 aromatic carbocycles. The van der Waals surface area contributed by atoms with Crippen molar-refractivity contribution in [2.24, 2.45) is 0 Å². The lowest BCUT2D eigenvalue weighted by Crippen LogP contribution is -2.36. The lowest BCUT2D eigenvalue weighted by molar-refractivity contribution is 0.0690. The van der Waals surface area contributed by atoms with Crippen LogP contribution in [-0.2, 0) is 0 Å². The first-order chi connectivity index (χ1) is 7.70. The van der Waals surface area contributed by atoms with E-state index in [9.17, 15) is 4.79 Å². The van der Waals surface area contributed by atoms with Crippen LogP contribution in [0.25, 0.3) is 0 Å². The third-order valence-corrected chi connectivity index (χ3v) is 3.03. The Morgan fingerprint density at radius 1 is 1.69 bits per heavy atom. The number of hydrogen-bond acceptors (Lipinski definition) is 4. The number of aromatic carboxylic acids is 1. The summed E-state index contributed by atoms with van der Waals surface area (Å²) >= 11 is 0. The second-order valence-corrected chi connectivity index (χ2v) is 4.08. The molecule has 0 unspecified atom stereocenters. The van der Waals surface area contributed by atoms with Gasteiger partial charge in [0.25, 0.3) is 0 Å². The van der Waals surface area contributed by atoms with Crippen molar-refractivity contribution in [3.8, 4) is 0 Å². The van der Waals surface area contributed by atoms with Crippen molar-refractivity contribution < 1.29 is 9.90 Å². The van der Waals surface area contributed by atoms with E-state index in [1.807, 2.05) is 0 Å². The van der Waals surface area contributed by atoms with Crippen molar-refractivity contribution in [1.29, 1.82) is 0 Å². The standard InChI is InChI=1S/C10H16N4O2/c1-2-13-5-3-4-8(6-13)14-7-9(10(15)16)11-12-14/h7-8H,2-6H2,1H3,(H,15,16)/t8-/m1/s1. The fourth-order valence-corrected chi connectivity index (χ4v) is 2.09. The van der Waals surface area contributed by atoms with Gasteiger partial charge in [-0.1, -0.05) is 12.1 Å². The van der Waals surface area contributed by atoms with E-state index < -0.39 is 5.97 Å². The lowest BCUT2D eigenvalue weighted by Gasteiger charge is -2.31. The number of hydrogen-bond donors (Lipinski definition) is 1. The van der Waals surface area contributed by atoms with E-state index in [1.54, 1.807) is 4.68 Å². The largest absolute Gasteiger partial charge is 0.476 e. The number of carboxylic acid groups (broad SMARTS) is 1. The number of piperidine rings is 1. The Kier molecular flexibility index (Phi) is 3.19. The van der Waals surface area contributed by atoms with Crippen LogP contribution in [0.2, 0.25) is 0 Å². The van der Waals surface area contributed by atoms with Crippen LogP contribution in [0.3, 0.4) is 0 Å². The van der Waals surface area contributed by atoms with Crippen LogP contribution < -0.4 is 0 Å². The fourth-order valence-electron chi connectivity index (χ4n) is 2.09. The molecule has 1 aliphatic rings. The van der Waals surface area contributed by atoms with Gasteiger partial charge in [-0.3, -0.25) is 0 Å². The maximum absolute atomic E-state index is 10.7. The number of likely N-dealkylation sites (tertiary alicyclic amines) is 1. The van der Waals surface area contributed by atoms with Crippen molar-refractivity contribution in [2.75, 3.05) is 19.6 Å². The summed E-state index contributed by atoms with van der Waals surface area (Å²) in [4.78, 5) is 13.0. The molecule has 16 heavy (non-hydrogen) atoms. The van der Waals surface area contributed by atoms with Crippen LogP contribution in [-0.4, -0.2) is 50.6 Å². The Labute approximate surface area is 93.9 Å². The Morgan fingerprint density at radius 2 is 2.50 bits per heavy atom. The van der Waals surface area contributed by atoms with Crippen LogP contribution in [0.5, 0.6) is 0 Å². The quantitative estimate of drug-likeness (QED) is 0.815. The van der Waals surface area contributed by atoms with Crippen molar-refractivity contribution in [3.05, 3.63) is 11.9 Å². The monoisotopic (exact) mass is 224 g/mol. The molecule has 6 nitrogen and oxygen atoms in total. The van der Waals surface area contributed by atoms with Gasteiger partial charge in [-0.15, -0.1) is 5.10 Å². The molecule has 0 aliphatic carbocycles. The van der Waals surface area contributed by atoms with Gasteiger partial charge in [-0.05, 0) is 25.9 Å². The Balaban J connectivity index is 2.08. The Morgan fingerprint density at radius 3 is 3.12 bits per heavy atom. The molecule has 1 N–H and O–H groups in total. The van der Waals surface area contributed by atoms with Crippen molar-refractivity contribution in [1.82, 2.24) is 19.9 Å². The van der Waals surface area contributed by atoms with E-state index in [1.165, 1.54) is 6.20 Å². The maximum atomic E-state index is 10.7. The highest BCUT2D eigenvalue weighted by Gasteiger charge is 2.22. The summed E-state index contributed by atoms with van der Waals surface area (Å²) in [6.45, 7) is 5.20. The molecule has 0 radical (unpaired) electrons. The summed E-state index contributed by atoms with van der Waals surface area (Å²) in [6.07, 6.45) is 3.69. The van der Waals surface area contributed by atoms with E-state index >= 15 is 0 Å². The zero-order valence-electron chi connectivity index (χ0n) is 9.33. The molecule has 2 rings (SSSR count). The molecule has 6 heteroatoms. The predicted molar refractivity (Wildman–Crippen MR) is 57.4 cm³/mol. The third kappa shape index (κ3) is 2.21. The minimum atomic E-state index is -1.02. The Hall–Kier alpha value is -1.43. The van der Waals surface area contributed by atoms with Crippen LogP contribution >= 0.6 is 0 Å². The van der Waals surface area contributed by atoms with Crippen LogP contribution in [0.15, 0.2) is 6.20 Å². The molecular weight excluding hydrogens is 208 g/mol. The van der Waals surface area contributed by atoms with Crippen molar-refractivity contribution in [3.63, 3.8) is 0 Å². The molecule has 1 aliphatic heterocycles. The molecule has 0 amide bonds. The Bertz CT molecular complexity index is 377. The number of rotatable bonds is 3. The van der Waals surface area contributed by atoms with E-state index in [4.69, 9.17) is 5.11 Å². The van der Waals surface area contributed by atoms with Crippen LogP contribution in [0, 0.1) is 0 Å². The molecule has 2 heterocycles. The van der Waals surface area contributed by atoms with E-state index in [-0.39, 0.29) is 11.7 Å². The fraction of sp³-hybridized carbons (Fsp3) is 0.700. The van der Waals surface area contributed by atoms with Gasteiger partial charge < -0.3 is 10.0 Å². The summed E-state index contributed by atoms with van der Waals surface area (Å²) in [5.41, 5.74) is 0.0219. The predicted octanol–water partition coefficient (Wildman–Crippen LogP) is 0.633. The van der Waals surface area contributed by atoms with Gasteiger partial charge in [0.05, 0.1) is 12.2 Å². The molecule has 1 aromatic rings. The number of aromatic nitrogens is 3. The lowest BCUT2D eigenvalue weighted by atomic mass is 10.1. The van der Waals surface area contributed by atoms with Gasteiger partial charge in [0, 0.05) is 6.54 Å². The maximum Gasteiger partial charge on any atom is 0.358 e. The average Bonchev–Trinajstić information content (AvgIpc) is 2.78. The van der Waals surface area contributed by atoms with Gasteiger partial charge in [0.2, 0.25) is 0 Å². The van der Waals surface area contributed by atoms with Gasteiger partial charge in [-0.25, -0.2) is 9.48 Å². The highest BCUT2D eigenvalue weighted by molar-refractivity contribution is 5.84. The molecule has 1 saturated heterocycles. The smallest absolute Gasteiger partial charge is 0.358 e. The zero-order valence-corrected chi connectivity index (χ0v) is 9.33. The summed E-state index contributed by atoms with van der Waals surface area (Å²) < 4.78 is 1.69. The summed E-state index contributed by atoms with van der Waals surface area (Å²) in [7, 11) is 0. The van der Waals surface area contributed by atoms with Gasteiger partial charge in [0.1, 0.15) is 0 Å². The SMILES string of the molecule is CCN1CCC[C@@H](n2cc(C(=O)O)nn2)C1. The minimum absolute atomic E-state index is 0.0219. The van der Waals surface area contributed by atoms with E-state index in [0.29, 0.717) is 0 Å². The molecule has 1 fully saturated rings. The summed E-state index contributed by atoms with van der Waals surface area (Å²) in [6, 6.07) is 0.259. The minimum Gasteiger partial charge on any atom is -0.476 e. The average molecular weight is 224 g/mol. The van der Waals surface area contributed by atoms with Crippen LogP contribution in [0.1, 0.15) is 36.3 Å². The molecule has 88 valence electrons. The number of carboxylic acids is 1. The first-order valence-electron chi connectivity index (χ1n) is 5.58. The number of likely N-dealkylation sites (N-methyl/N-ethyl adjacent to an activating group) is 1. The second kappa shape index (κ2) is 4.61. The van der Waals surface area contributed by atoms with Crippen molar-refractivity contribution >= 4 is 5.97 Å². The summed E-state index contributed by atoms with van der Waals surface area (Å²) in [5, 5.41) is 16.3. The van der Waals surface area contributed by atoms with Gasteiger partial charge in [0.15, 0.2) is 5.69 Å². The normalized spacial score (nSPS) is 22.2. The molecular formula is C10H16N4O2. The van der Waals surface area contributed by atoms with Gasteiger partial charge >= 0.3 is 5.97 Å². The van der Waals surface area contributed by atoms with Gasteiger partial charge in [-0.2, -0.15) is 0 Å². The zero-order chi connectivity index (χ0) is 11.5. The van der Waals surface area contributed by atoms with E-state index in [0.717, 1.165) is 32.5 Å². The molecule has 0 spiro atoms.